The van der Waals surface area contributed by atoms with Crippen molar-refractivity contribution in [2.75, 3.05) is 13.6 Å². The van der Waals surface area contributed by atoms with Crippen molar-refractivity contribution in [3.8, 4) is 0 Å². The van der Waals surface area contributed by atoms with Crippen molar-refractivity contribution in [3.05, 3.63) is 29.6 Å². The van der Waals surface area contributed by atoms with Gasteiger partial charge in [-0.2, -0.15) is 0 Å². The van der Waals surface area contributed by atoms with Crippen molar-refractivity contribution in [3.63, 3.8) is 0 Å². The highest BCUT2D eigenvalue weighted by atomic mass is 16.3. The molecule has 1 amide bonds. The zero-order valence-electron chi connectivity index (χ0n) is 9.53. The molecule has 1 rings (SSSR count). The summed E-state index contributed by atoms with van der Waals surface area (Å²) in [5.74, 6) is -0.191. The molecule has 0 aliphatic rings. The van der Waals surface area contributed by atoms with E-state index < -0.39 is 0 Å². The number of aliphatic hydroxyl groups is 1. The van der Waals surface area contributed by atoms with Gasteiger partial charge in [0.15, 0.2) is 0 Å². The predicted molar refractivity (Wildman–Crippen MR) is 61.0 cm³/mol. The number of hydrogen-bond donors (Lipinski definition) is 3. The largest absolute Gasteiger partial charge is 0.392 e. The minimum atomic E-state index is -0.363. The molecule has 0 aliphatic carbocycles. The second-order valence-corrected chi connectivity index (χ2v) is 3.61. The maximum absolute atomic E-state index is 11.2. The van der Waals surface area contributed by atoms with E-state index in [2.05, 4.69) is 15.6 Å². The van der Waals surface area contributed by atoms with Crippen molar-refractivity contribution in [1.82, 2.24) is 15.6 Å². The van der Waals surface area contributed by atoms with Crippen molar-refractivity contribution in [2.45, 2.75) is 19.6 Å². The van der Waals surface area contributed by atoms with E-state index in [4.69, 9.17) is 5.11 Å². The third-order valence-electron chi connectivity index (χ3n) is 2.05. The minimum absolute atomic E-state index is 0.191. The highest BCUT2D eigenvalue weighted by Crippen LogP contribution is 2.00. The number of pyridine rings is 1. The number of carbonyl (C=O) groups excluding carboxylic acids is 1. The van der Waals surface area contributed by atoms with Crippen LogP contribution in [-0.2, 0) is 6.54 Å². The summed E-state index contributed by atoms with van der Waals surface area (Å²) in [4.78, 5) is 15.2. The Morgan fingerprint density at radius 2 is 2.31 bits per heavy atom. The van der Waals surface area contributed by atoms with E-state index in [1.54, 1.807) is 26.2 Å². The zero-order chi connectivity index (χ0) is 12.0. The van der Waals surface area contributed by atoms with E-state index >= 15 is 0 Å². The van der Waals surface area contributed by atoms with Gasteiger partial charge in [0.05, 0.1) is 6.10 Å². The molecule has 0 radical (unpaired) electrons. The molecule has 1 unspecified atom stereocenters. The van der Waals surface area contributed by atoms with Gasteiger partial charge < -0.3 is 15.7 Å². The number of carbonyl (C=O) groups is 1. The average molecular weight is 223 g/mol. The Kier molecular flexibility index (Phi) is 4.88. The fourth-order valence-corrected chi connectivity index (χ4v) is 1.22. The Morgan fingerprint density at radius 1 is 1.56 bits per heavy atom. The third kappa shape index (κ3) is 3.96. The predicted octanol–water partition coefficient (Wildman–Crippen LogP) is -0.0884. The molecule has 5 heteroatoms. The van der Waals surface area contributed by atoms with Crippen LogP contribution in [0.5, 0.6) is 0 Å². The lowest BCUT2D eigenvalue weighted by Gasteiger charge is -2.06. The second kappa shape index (κ2) is 6.19. The number of hydrogen-bond acceptors (Lipinski definition) is 4. The fraction of sp³-hybridized carbons (Fsp3) is 0.455. The molecule has 0 saturated carbocycles. The molecule has 88 valence electrons. The van der Waals surface area contributed by atoms with Gasteiger partial charge in [0.25, 0.3) is 5.91 Å². The first kappa shape index (κ1) is 12.6. The molecule has 1 aromatic heterocycles. The maximum Gasteiger partial charge on any atom is 0.269 e. The molecule has 0 fully saturated rings. The normalized spacial score (nSPS) is 12.2. The number of amides is 1. The van der Waals surface area contributed by atoms with E-state index in [0.29, 0.717) is 18.8 Å². The fourth-order valence-electron chi connectivity index (χ4n) is 1.22. The summed E-state index contributed by atoms with van der Waals surface area (Å²) in [6.45, 7) is 2.89. The van der Waals surface area contributed by atoms with Crippen LogP contribution >= 0.6 is 0 Å². The van der Waals surface area contributed by atoms with Crippen molar-refractivity contribution >= 4 is 5.91 Å². The van der Waals surface area contributed by atoms with E-state index in [-0.39, 0.29) is 12.0 Å². The van der Waals surface area contributed by atoms with Gasteiger partial charge >= 0.3 is 0 Å². The summed E-state index contributed by atoms with van der Waals surface area (Å²) < 4.78 is 0. The smallest absolute Gasteiger partial charge is 0.269 e. The molecule has 0 spiro atoms. The molecule has 1 heterocycles. The molecule has 0 aliphatic heterocycles. The van der Waals surface area contributed by atoms with Gasteiger partial charge in [-0.05, 0) is 18.6 Å². The molecule has 1 aromatic rings. The van der Waals surface area contributed by atoms with Crippen LogP contribution in [0, 0.1) is 0 Å². The number of nitrogens with zero attached hydrogens (tertiary/aromatic N) is 1. The van der Waals surface area contributed by atoms with Crippen molar-refractivity contribution < 1.29 is 9.90 Å². The van der Waals surface area contributed by atoms with Crippen LogP contribution in [0.15, 0.2) is 18.3 Å². The zero-order valence-corrected chi connectivity index (χ0v) is 9.53. The topological polar surface area (TPSA) is 74.2 Å². The molecule has 0 aromatic carbocycles. The van der Waals surface area contributed by atoms with Crippen LogP contribution in [0.4, 0.5) is 0 Å². The molecule has 5 nitrogen and oxygen atoms in total. The number of aromatic nitrogens is 1. The van der Waals surface area contributed by atoms with Gasteiger partial charge in [-0.3, -0.25) is 9.78 Å². The highest BCUT2D eigenvalue weighted by molar-refractivity contribution is 5.91. The van der Waals surface area contributed by atoms with E-state index in [9.17, 15) is 4.79 Å². The van der Waals surface area contributed by atoms with Gasteiger partial charge in [0.1, 0.15) is 5.69 Å². The SMILES string of the molecule is CNC(=O)c1ccc(CNCC(C)O)cn1. The van der Waals surface area contributed by atoms with Gasteiger partial charge in [0.2, 0.25) is 0 Å². The van der Waals surface area contributed by atoms with Crippen LogP contribution in [0.1, 0.15) is 23.0 Å². The lowest BCUT2D eigenvalue weighted by atomic mass is 10.2. The van der Waals surface area contributed by atoms with Crippen molar-refractivity contribution in [2.24, 2.45) is 0 Å². The molecule has 0 bridgehead atoms. The molecule has 0 saturated heterocycles. The first-order valence-corrected chi connectivity index (χ1v) is 5.19. The Labute approximate surface area is 94.9 Å². The summed E-state index contributed by atoms with van der Waals surface area (Å²) in [7, 11) is 1.57. The average Bonchev–Trinajstić information content (AvgIpc) is 2.28. The van der Waals surface area contributed by atoms with Crippen molar-refractivity contribution in [1.29, 1.82) is 0 Å². The van der Waals surface area contributed by atoms with E-state index in [1.165, 1.54) is 0 Å². The summed E-state index contributed by atoms with van der Waals surface area (Å²) in [6.07, 6.45) is 1.29. The minimum Gasteiger partial charge on any atom is -0.392 e. The van der Waals surface area contributed by atoms with E-state index in [1.807, 2.05) is 6.07 Å². The standard InChI is InChI=1S/C11H17N3O2/c1-8(15)5-13-6-9-3-4-10(14-7-9)11(16)12-2/h3-4,7-8,13,15H,5-6H2,1-2H3,(H,12,16). The van der Waals surface area contributed by atoms with Gasteiger partial charge in [-0.1, -0.05) is 6.07 Å². The molecular weight excluding hydrogens is 206 g/mol. The molecule has 3 N–H and O–H groups in total. The summed E-state index contributed by atoms with van der Waals surface area (Å²) >= 11 is 0. The van der Waals surface area contributed by atoms with Gasteiger partial charge in [-0.15, -0.1) is 0 Å². The van der Waals surface area contributed by atoms with Crippen LogP contribution in [0.3, 0.4) is 0 Å². The lowest BCUT2D eigenvalue weighted by molar-refractivity contribution is 0.0958. The molecule has 16 heavy (non-hydrogen) atoms. The lowest BCUT2D eigenvalue weighted by Crippen LogP contribution is -2.24. The second-order valence-electron chi connectivity index (χ2n) is 3.61. The Morgan fingerprint density at radius 3 is 2.81 bits per heavy atom. The summed E-state index contributed by atoms with van der Waals surface area (Å²) in [5.41, 5.74) is 1.38. The Hall–Kier alpha value is -1.46. The van der Waals surface area contributed by atoms with Crippen LogP contribution < -0.4 is 10.6 Å². The van der Waals surface area contributed by atoms with Gasteiger partial charge in [0, 0.05) is 26.3 Å². The summed E-state index contributed by atoms with van der Waals surface area (Å²) in [5, 5.41) is 14.6. The summed E-state index contributed by atoms with van der Waals surface area (Å²) in [6, 6.07) is 3.52. The first-order valence-electron chi connectivity index (χ1n) is 5.19. The van der Waals surface area contributed by atoms with E-state index in [0.717, 1.165) is 5.56 Å². The number of aliphatic hydroxyl groups excluding tert-OH is 1. The first-order chi connectivity index (χ1) is 7.63. The monoisotopic (exact) mass is 223 g/mol. The number of nitrogens with one attached hydrogen (secondary N) is 2. The van der Waals surface area contributed by atoms with Gasteiger partial charge in [-0.25, -0.2) is 0 Å². The van der Waals surface area contributed by atoms with Crippen LogP contribution in [0.2, 0.25) is 0 Å². The highest BCUT2D eigenvalue weighted by Gasteiger charge is 2.03. The molecular formula is C11H17N3O2. The third-order valence-corrected chi connectivity index (χ3v) is 2.05. The Balaban J connectivity index is 2.48. The van der Waals surface area contributed by atoms with Crippen LogP contribution in [0.25, 0.3) is 0 Å². The maximum atomic E-state index is 11.2. The molecule has 1 atom stereocenters. The Bertz CT molecular complexity index is 336. The quantitative estimate of drug-likeness (QED) is 0.652. The number of rotatable bonds is 5. The van der Waals surface area contributed by atoms with Crippen LogP contribution in [-0.4, -0.2) is 35.7 Å².